The Morgan fingerprint density at radius 3 is 2.74 bits per heavy atom. The summed E-state index contributed by atoms with van der Waals surface area (Å²) in [7, 11) is 0. The van der Waals surface area contributed by atoms with E-state index in [0.29, 0.717) is 6.04 Å². The lowest BCUT2D eigenvalue weighted by molar-refractivity contribution is -0.384. The van der Waals surface area contributed by atoms with Crippen molar-refractivity contribution in [1.29, 1.82) is 0 Å². The second-order valence-electron chi connectivity index (χ2n) is 4.89. The zero-order valence-corrected chi connectivity index (χ0v) is 13.1. The zero-order chi connectivity index (χ0) is 13.8. The molecule has 1 fully saturated rings. The third-order valence-electron chi connectivity index (χ3n) is 3.52. The highest BCUT2D eigenvalue weighted by Crippen LogP contribution is 2.24. The van der Waals surface area contributed by atoms with E-state index < -0.39 is 0 Å². The van der Waals surface area contributed by atoms with Crippen LogP contribution in [0.5, 0.6) is 0 Å². The van der Waals surface area contributed by atoms with Crippen LogP contribution in [0.25, 0.3) is 0 Å². The number of halogens is 1. The van der Waals surface area contributed by atoms with Crippen molar-refractivity contribution in [1.82, 2.24) is 4.90 Å². The summed E-state index contributed by atoms with van der Waals surface area (Å²) in [5.41, 5.74) is 1.11. The Kier molecular flexibility index (Phi) is 4.98. The number of nitro benzene ring substituents is 1. The molecule has 6 heteroatoms. The zero-order valence-electron chi connectivity index (χ0n) is 10.9. The fraction of sp³-hybridized carbons (Fsp3) is 0.538. The van der Waals surface area contributed by atoms with Crippen LogP contribution in [0.4, 0.5) is 11.4 Å². The molecule has 1 aromatic rings. The average Bonchev–Trinajstić information content (AvgIpc) is 2.90. The molecule has 0 aromatic heterocycles. The summed E-state index contributed by atoms with van der Waals surface area (Å²) >= 11 is 2.13. The number of anilines is 1. The molecule has 0 spiro atoms. The summed E-state index contributed by atoms with van der Waals surface area (Å²) < 4.78 is 0.889. The molecule has 0 bridgehead atoms. The normalized spacial score (nSPS) is 17.4. The van der Waals surface area contributed by atoms with Gasteiger partial charge in [0.15, 0.2) is 0 Å². The van der Waals surface area contributed by atoms with E-state index in [-0.39, 0.29) is 10.6 Å². The van der Waals surface area contributed by atoms with Crippen molar-refractivity contribution in [3.05, 3.63) is 31.9 Å². The van der Waals surface area contributed by atoms with Crippen LogP contribution < -0.4 is 5.32 Å². The van der Waals surface area contributed by atoms with Gasteiger partial charge in [0.2, 0.25) is 0 Å². The first-order chi connectivity index (χ1) is 9.08. The highest BCUT2D eigenvalue weighted by molar-refractivity contribution is 14.1. The number of nitrogens with zero attached hydrogens (tertiary/aromatic N) is 2. The van der Waals surface area contributed by atoms with Crippen LogP contribution in [-0.2, 0) is 0 Å². The van der Waals surface area contributed by atoms with Gasteiger partial charge in [0.05, 0.1) is 4.92 Å². The van der Waals surface area contributed by atoms with Gasteiger partial charge in [0, 0.05) is 34.0 Å². The van der Waals surface area contributed by atoms with Gasteiger partial charge in [-0.25, -0.2) is 0 Å². The van der Waals surface area contributed by atoms with Crippen molar-refractivity contribution in [2.24, 2.45) is 0 Å². The maximum Gasteiger partial charge on any atom is 0.270 e. The minimum atomic E-state index is -0.362. The standard InChI is InChI=1S/C13H18IN3O2/c1-10(16-6-2-3-7-16)9-15-13-5-4-11(17(18)19)8-12(13)14/h4-5,8,10,15H,2-3,6-7,9H2,1H3. The lowest BCUT2D eigenvalue weighted by Gasteiger charge is -2.24. The molecule has 0 radical (unpaired) electrons. The lowest BCUT2D eigenvalue weighted by Crippen LogP contribution is -2.35. The monoisotopic (exact) mass is 375 g/mol. The highest BCUT2D eigenvalue weighted by Gasteiger charge is 2.18. The maximum absolute atomic E-state index is 10.7. The SMILES string of the molecule is CC(CNc1ccc([N+](=O)[O-])cc1I)N1CCCC1. The summed E-state index contributed by atoms with van der Waals surface area (Å²) in [6.07, 6.45) is 2.58. The molecule has 1 atom stereocenters. The summed E-state index contributed by atoms with van der Waals surface area (Å²) in [5.74, 6) is 0. The molecule has 1 aliphatic heterocycles. The Morgan fingerprint density at radius 1 is 1.47 bits per heavy atom. The highest BCUT2D eigenvalue weighted by atomic mass is 127. The van der Waals surface area contributed by atoms with E-state index in [0.717, 1.165) is 15.8 Å². The number of hydrogen-bond donors (Lipinski definition) is 1. The number of hydrogen-bond acceptors (Lipinski definition) is 4. The van der Waals surface area contributed by atoms with Crippen LogP contribution in [0.1, 0.15) is 19.8 Å². The number of nitro groups is 1. The Labute approximate surface area is 126 Å². The molecule has 2 rings (SSSR count). The Balaban J connectivity index is 1.93. The second kappa shape index (κ2) is 6.51. The lowest BCUT2D eigenvalue weighted by atomic mass is 10.2. The number of nitrogens with one attached hydrogen (secondary N) is 1. The first-order valence-electron chi connectivity index (χ1n) is 6.50. The smallest absolute Gasteiger partial charge is 0.270 e. The first kappa shape index (κ1) is 14.5. The van der Waals surface area contributed by atoms with Gasteiger partial charge in [-0.15, -0.1) is 0 Å². The van der Waals surface area contributed by atoms with E-state index >= 15 is 0 Å². The average molecular weight is 375 g/mol. The van der Waals surface area contributed by atoms with E-state index in [9.17, 15) is 10.1 Å². The fourth-order valence-corrected chi connectivity index (χ4v) is 3.02. The predicted molar refractivity (Wildman–Crippen MR) is 84.6 cm³/mol. The van der Waals surface area contributed by atoms with E-state index in [1.165, 1.54) is 25.9 Å². The molecule has 0 saturated carbocycles. The maximum atomic E-state index is 10.7. The van der Waals surface area contributed by atoms with Crippen LogP contribution in [0.3, 0.4) is 0 Å². The number of likely N-dealkylation sites (tertiary alicyclic amines) is 1. The van der Waals surface area contributed by atoms with Gasteiger partial charge >= 0.3 is 0 Å². The Hall–Kier alpha value is -0.890. The molecule has 1 saturated heterocycles. The topological polar surface area (TPSA) is 58.4 Å². The second-order valence-corrected chi connectivity index (χ2v) is 6.06. The molecule has 1 heterocycles. The third kappa shape index (κ3) is 3.79. The summed E-state index contributed by atoms with van der Waals surface area (Å²) in [4.78, 5) is 12.8. The summed E-state index contributed by atoms with van der Waals surface area (Å²) in [6.45, 7) is 5.45. The van der Waals surface area contributed by atoms with Crippen molar-refractivity contribution < 1.29 is 4.92 Å². The molecule has 5 nitrogen and oxygen atoms in total. The number of non-ortho nitro benzene ring substituents is 1. The van der Waals surface area contributed by atoms with Crippen molar-refractivity contribution in [2.45, 2.75) is 25.8 Å². The van der Waals surface area contributed by atoms with Crippen LogP contribution in [0, 0.1) is 13.7 Å². The molecule has 1 unspecified atom stereocenters. The van der Waals surface area contributed by atoms with Crippen molar-refractivity contribution in [2.75, 3.05) is 25.0 Å². The molecule has 0 aliphatic carbocycles. The molecule has 1 aromatic carbocycles. The van der Waals surface area contributed by atoms with Gasteiger partial charge in [-0.05, 0) is 61.5 Å². The van der Waals surface area contributed by atoms with Gasteiger partial charge in [0.1, 0.15) is 0 Å². The molecule has 0 amide bonds. The van der Waals surface area contributed by atoms with Crippen molar-refractivity contribution in [3.63, 3.8) is 0 Å². The molecular formula is C13H18IN3O2. The summed E-state index contributed by atoms with van der Waals surface area (Å²) in [6, 6.07) is 5.43. The quantitative estimate of drug-likeness (QED) is 0.488. The van der Waals surface area contributed by atoms with Crippen molar-refractivity contribution in [3.8, 4) is 0 Å². The molecule has 104 valence electrons. The third-order valence-corrected chi connectivity index (χ3v) is 4.41. The minimum absolute atomic E-state index is 0.141. The predicted octanol–water partition coefficient (Wildman–Crippen LogP) is 3.10. The van der Waals surface area contributed by atoms with Crippen molar-refractivity contribution >= 4 is 34.0 Å². The largest absolute Gasteiger partial charge is 0.383 e. The summed E-state index contributed by atoms with van der Waals surface area (Å²) in [5, 5.41) is 14.1. The molecule has 19 heavy (non-hydrogen) atoms. The minimum Gasteiger partial charge on any atom is -0.383 e. The Morgan fingerprint density at radius 2 is 2.16 bits per heavy atom. The van der Waals surface area contributed by atoms with Gasteiger partial charge in [0.25, 0.3) is 5.69 Å². The van der Waals surface area contributed by atoms with Crippen LogP contribution in [-0.4, -0.2) is 35.5 Å². The number of benzene rings is 1. The molecule has 1 N–H and O–H groups in total. The first-order valence-corrected chi connectivity index (χ1v) is 7.57. The van der Waals surface area contributed by atoms with Crippen LogP contribution in [0.2, 0.25) is 0 Å². The van der Waals surface area contributed by atoms with E-state index in [1.54, 1.807) is 18.2 Å². The van der Waals surface area contributed by atoms with E-state index in [2.05, 4.69) is 39.7 Å². The molecule has 1 aliphatic rings. The van der Waals surface area contributed by atoms with Crippen LogP contribution >= 0.6 is 22.6 Å². The van der Waals surface area contributed by atoms with Gasteiger partial charge in [-0.1, -0.05) is 0 Å². The van der Waals surface area contributed by atoms with E-state index in [4.69, 9.17) is 0 Å². The van der Waals surface area contributed by atoms with Crippen LogP contribution in [0.15, 0.2) is 18.2 Å². The van der Waals surface area contributed by atoms with Gasteiger partial charge in [-0.3, -0.25) is 15.0 Å². The van der Waals surface area contributed by atoms with Gasteiger partial charge in [-0.2, -0.15) is 0 Å². The van der Waals surface area contributed by atoms with E-state index in [1.807, 2.05) is 0 Å². The molecular weight excluding hydrogens is 357 g/mol. The fourth-order valence-electron chi connectivity index (χ4n) is 2.33. The Bertz CT molecular complexity index is 461. The van der Waals surface area contributed by atoms with Gasteiger partial charge < -0.3 is 5.32 Å². The number of rotatable bonds is 5.